The Morgan fingerprint density at radius 1 is 1.44 bits per heavy atom. The third-order valence-corrected chi connectivity index (χ3v) is 2.69. The maximum absolute atomic E-state index is 11.6. The molecule has 0 spiro atoms. The van der Waals surface area contributed by atoms with Crippen LogP contribution in [0.15, 0.2) is 42.6 Å². The fourth-order valence-corrected chi connectivity index (χ4v) is 1.81. The first-order valence-corrected chi connectivity index (χ1v) is 5.81. The van der Waals surface area contributed by atoms with Gasteiger partial charge in [0.05, 0.1) is 16.2 Å². The number of carbonyl (C=O) groups excluding carboxylic acids is 1. The number of pyridine rings is 1. The number of amides is 1. The molecule has 0 bridgehead atoms. The van der Waals surface area contributed by atoms with E-state index < -0.39 is 0 Å². The summed E-state index contributed by atoms with van der Waals surface area (Å²) in [5.74, 6) is -0.229. The van der Waals surface area contributed by atoms with Crippen LogP contribution in [0, 0.1) is 0 Å². The number of fused-ring (bicyclic) bond motifs is 1. The first-order valence-electron chi connectivity index (χ1n) is 5.43. The van der Waals surface area contributed by atoms with E-state index >= 15 is 0 Å². The summed E-state index contributed by atoms with van der Waals surface area (Å²) in [7, 11) is 0. The number of hydrogen-bond donors (Lipinski definition) is 2. The Morgan fingerprint density at radius 3 is 3.06 bits per heavy atom. The van der Waals surface area contributed by atoms with Gasteiger partial charge in [-0.15, -0.1) is 0 Å². The van der Waals surface area contributed by atoms with Gasteiger partial charge in [-0.2, -0.15) is 0 Å². The monoisotopic (exact) mass is 261 g/mol. The molecule has 1 amide bonds. The van der Waals surface area contributed by atoms with E-state index in [0.717, 1.165) is 5.39 Å². The summed E-state index contributed by atoms with van der Waals surface area (Å²) >= 11 is 6.04. The van der Waals surface area contributed by atoms with Crippen molar-refractivity contribution in [2.75, 3.05) is 11.9 Å². The number of hydrogen-bond acceptors (Lipinski definition) is 3. The Labute approximate surface area is 109 Å². The number of nitrogens with two attached hydrogens (primary N) is 1. The summed E-state index contributed by atoms with van der Waals surface area (Å²) in [5, 5.41) is 4.13. The molecule has 0 fully saturated rings. The second-order valence-corrected chi connectivity index (χ2v) is 4.03. The van der Waals surface area contributed by atoms with Crippen molar-refractivity contribution in [2.24, 2.45) is 5.73 Å². The summed E-state index contributed by atoms with van der Waals surface area (Å²) in [5.41, 5.74) is 6.63. The zero-order valence-electron chi connectivity index (χ0n) is 9.56. The van der Waals surface area contributed by atoms with Gasteiger partial charge in [0.15, 0.2) is 0 Å². The van der Waals surface area contributed by atoms with Gasteiger partial charge in [-0.1, -0.05) is 17.7 Å². The number of rotatable bonds is 3. The van der Waals surface area contributed by atoms with Crippen LogP contribution in [-0.4, -0.2) is 17.4 Å². The molecule has 1 aromatic carbocycles. The summed E-state index contributed by atoms with van der Waals surface area (Å²) in [6, 6.07) is 7.11. The summed E-state index contributed by atoms with van der Waals surface area (Å²) in [6.45, 7) is 0.330. The highest BCUT2D eigenvalue weighted by molar-refractivity contribution is 6.35. The third-order valence-electron chi connectivity index (χ3n) is 2.38. The lowest BCUT2D eigenvalue weighted by atomic mass is 10.2. The van der Waals surface area contributed by atoms with Gasteiger partial charge in [0.1, 0.15) is 0 Å². The summed E-state index contributed by atoms with van der Waals surface area (Å²) in [6.07, 6.45) is 4.65. The van der Waals surface area contributed by atoms with Crippen molar-refractivity contribution in [2.45, 2.75) is 0 Å². The lowest BCUT2D eigenvalue weighted by molar-refractivity contribution is -0.111. The molecule has 0 aliphatic heterocycles. The van der Waals surface area contributed by atoms with Gasteiger partial charge in [0, 0.05) is 24.2 Å². The number of nitrogens with zero attached hydrogens (tertiary/aromatic N) is 1. The van der Waals surface area contributed by atoms with E-state index in [4.69, 9.17) is 17.3 Å². The average molecular weight is 262 g/mol. The number of aromatic nitrogens is 1. The molecule has 0 aliphatic carbocycles. The van der Waals surface area contributed by atoms with Crippen molar-refractivity contribution < 1.29 is 4.79 Å². The maximum atomic E-state index is 11.6. The van der Waals surface area contributed by atoms with Gasteiger partial charge >= 0.3 is 0 Å². The Bertz CT molecular complexity index is 610. The molecule has 0 unspecified atom stereocenters. The van der Waals surface area contributed by atoms with Gasteiger partial charge in [-0.05, 0) is 24.3 Å². The Morgan fingerprint density at radius 2 is 2.28 bits per heavy atom. The van der Waals surface area contributed by atoms with Crippen LogP contribution in [0.25, 0.3) is 10.9 Å². The van der Waals surface area contributed by atoms with E-state index in [0.29, 0.717) is 22.8 Å². The number of carbonyl (C=O) groups is 1. The van der Waals surface area contributed by atoms with Crippen LogP contribution in [0.1, 0.15) is 0 Å². The minimum atomic E-state index is -0.229. The van der Waals surface area contributed by atoms with E-state index in [-0.39, 0.29) is 5.91 Å². The molecule has 4 nitrogen and oxygen atoms in total. The summed E-state index contributed by atoms with van der Waals surface area (Å²) in [4.78, 5) is 15.8. The molecular formula is C13H12ClN3O. The zero-order chi connectivity index (χ0) is 13.0. The van der Waals surface area contributed by atoms with Crippen LogP contribution in [0.3, 0.4) is 0 Å². The predicted octanol–water partition coefficient (Wildman–Crippen LogP) is 2.34. The Hall–Kier alpha value is -1.91. The smallest absolute Gasteiger partial charge is 0.248 e. The molecule has 0 radical (unpaired) electrons. The largest absolute Gasteiger partial charge is 0.327 e. The first-order chi connectivity index (χ1) is 8.72. The van der Waals surface area contributed by atoms with Crippen LogP contribution < -0.4 is 11.1 Å². The topological polar surface area (TPSA) is 68.0 Å². The first kappa shape index (κ1) is 12.5. The number of halogens is 1. The van der Waals surface area contributed by atoms with Crippen molar-refractivity contribution in [3.63, 3.8) is 0 Å². The second-order valence-electron chi connectivity index (χ2n) is 3.62. The summed E-state index contributed by atoms with van der Waals surface area (Å²) < 4.78 is 0. The van der Waals surface area contributed by atoms with Gasteiger partial charge in [0.25, 0.3) is 0 Å². The van der Waals surface area contributed by atoms with E-state index in [2.05, 4.69) is 10.3 Å². The van der Waals surface area contributed by atoms with Crippen LogP contribution >= 0.6 is 11.6 Å². The molecule has 18 heavy (non-hydrogen) atoms. The molecule has 1 aromatic heterocycles. The minimum absolute atomic E-state index is 0.229. The highest BCUT2D eigenvalue weighted by Gasteiger charge is 2.06. The Kier molecular flexibility index (Phi) is 3.92. The van der Waals surface area contributed by atoms with E-state index in [1.54, 1.807) is 30.5 Å². The standard InChI is InChI=1S/C13H12ClN3O/c14-10-5-6-11(17-12(18)4-1-7-15)9-3-2-8-16-13(9)10/h1-6,8H,7,15H2,(H,17,18)/b4-1+. The van der Waals surface area contributed by atoms with Crippen molar-refractivity contribution in [3.8, 4) is 0 Å². The molecule has 0 saturated carbocycles. The molecule has 0 aliphatic rings. The van der Waals surface area contributed by atoms with Gasteiger partial charge in [-0.25, -0.2) is 0 Å². The van der Waals surface area contributed by atoms with E-state index in [9.17, 15) is 4.79 Å². The lowest BCUT2D eigenvalue weighted by Crippen LogP contribution is -2.09. The molecule has 0 atom stereocenters. The molecule has 3 N–H and O–H groups in total. The molecule has 0 saturated heterocycles. The third kappa shape index (κ3) is 2.67. The highest BCUT2D eigenvalue weighted by Crippen LogP contribution is 2.27. The predicted molar refractivity (Wildman–Crippen MR) is 73.6 cm³/mol. The molecule has 2 rings (SSSR count). The fraction of sp³-hybridized carbons (Fsp3) is 0.0769. The van der Waals surface area contributed by atoms with E-state index in [1.807, 2.05) is 6.07 Å². The van der Waals surface area contributed by atoms with Crippen molar-refractivity contribution in [1.29, 1.82) is 0 Å². The fourth-order valence-electron chi connectivity index (χ4n) is 1.60. The average Bonchev–Trinajstić information content (AvgIpc) is 2.40. The quantitative estimate of drug-likeness (QED) is 0.834. The lowest BCUT2D eigenvalue weighted by Gasteiger charge is -2.07. The molecule has 1 heterocycles. The van der Waals surface area contributed by atoms with Crippen LogP contribution in [-0.2, 0) is 4.79 Å². The second kappa shape index (κ2) is 5.62. The number of anilines is 1. The van der Waals surface area contributed by atoms with Gasteiger partial charge < -0.3 is 11.1 Å². The zero-order valence-corrected chi connectivity index (χ0v) is 10.3. The number of benzene rings is 1. The van der Waals surface area contributed by atoms with Crippen LogP contribution in [0.2, 0.25) is 5.02 Å². The molecular weight excluding hydrogens is 250 g/mol. The highest BCUT2D eigenvalue weighted by atomic mass is 35.5. The molecule has 2 aromatic rings. The minimum Gasteiger partial charge on any atom is -0.327 e. The van der Waals surface area contributed by atoms with Crippen molar-refractivity contribution in [3.05, 3.63) is 47.6 Å². The van der Waals surface area contributed by atoms with Crippen LogP contribution in [0.4, 0.5) is 5.69 Å². The number of nitrogens with one attached hydrogen (secondary N) is 1. The maximum Gasteiger partial charge on any atom is 0.248 e. The van der Waals surface area contributed by atoms with Gasteiger partial charge in [0.2, 0.25) is 5.91 Å². The van der Waals surface area contributed by atoms with Crippen LogP contribution in [0.5, 0.6) is 0 Å². The van der Waals surface area contributed by atoms with Crippen molar-refractivity contribution >= 4 is 34.1 Å². The van der Waals surface area contributed by atoms with Gasteiger partial charge in [-0.3, -0.25) is 9.78 Å². The Balaban J connectivity index is 2.37. The molecule has 92 valence electrons. The van der Waals surface area contributed by atoms with Crippen molar-refractivity contribution in [1.82, 2.24) is 4.98 Å². The van der Waals surface area contributed by atoms with E-state index in [1.165, 1.54) is 6.08 Å². The molecule has 5 heteroatoms. The normalized spacial score (nSPS) is 11.0. The SMILES string of the molecule is NC/C=C/C(=O)Nc1ccc(Cl)c2ncccc12.